The van der Waals surface area contributed by atoms with E-state index in [4.69, 9.17) is 0 Å². The minimum Gasteiger partial charge on any atom is -0.371 e. The summed E-state index contributed by atoms with van der Waals surface area (Å²) in [6, 6.07) is 5.83. The fraction of sp³-hybridized carbons (Fsp3) is 0.667. The van der Waals surface area contributed by atoms with E-state index in [0.29, 0.717) is 12.1 Å². The average Bonchev–Trinajstić information content (AvgIpc) is 2.77. The highest BCUT2D eigenvalue weighted by molar-refractivity contribution is 6.02. The van der Waals surface area contributed by atoms with Gasteiger partial charge in [-0.15, -0.1) is 0 Å². The normalized spacial score (nSPS) is 17.8. The minimum atomic E-state index is -0.0527. The van der Waals surface area contributed by atoms with Crippen LogP contribution >= 0.6 is 0 Å². The maximum atomic E-state index is 13.0. The van der Waals surface area contributed by atoms with Gasteiger partial charge in [0, 0.05) is 36.9 Å². The van der Waals surface area contributed by atoms with Crippen LogP contribution in [-0.4, -0.2) is 57.0 Å². The minimum absolute atomic E-state index is 0.0527. The van der Waals surface area contributed by atoms with E-state index in [-0.39, 0.29) is 17.7 Å². The lowest BCUT2D eigenvalue weighted by Crippen LogP contribution is -2.33. The molecule has 0 spiro atoms. The van der Waals surface area contributed by atoms with Crippen LogP contribution in [0.2, 0.25) is 0 Å². The lowest BCUT2D eigenvalue weighted by atomic mass is 9.88. The molecule has 2 aliphatic rings. The van der Waals surface area contributed by atoms with Gasteiger partial charge in [-0.05, 0) is 77.4 Å². The summed E-state index contributed by atoms with van der Waals surface area (Å²) in [6.45, 7) is 3.55. The molecule has 0 bridgehead atoms. The standard InChI is InChI=1S/C24H38N4O2/c1-27(2)15-9-14-25-24(30)21-18-20(26-23(29)19-10-5-3-6-11-19)12-13-22(21)28-16-7-4-8-17-28/h12-13,18-19H,3-11,14-17H2,1-2H3,(H,25,30)(H,26,29). The first-order valence-corrected chi connectivity index (χ1v) is 11.7. The zero-order chi connectivity index (χ0) is 21.3. The van der Waals surface area contributed by atoms with E-state index < -0.39 is 0 Å². The lowest BCUT2D eigenvalue weighted by Gasteiger charge is -2.30. The molecule has 1 saturated carbocycles. The Morgan fingerprint density at radius 1 is 1.03 bits per heavy atom. The summed E-state index contributed by atoms with van der Waals surface area (Å²) in [5, 5.41) is 6.15. The molecule has 0 atom stereocenters. The van der Waals surface area contributed by atoms with E-state index in [2.05, 4.69) is 20.4 Å². The Balaban J connectivity index is 1.72. The molecule has 2 amide bonds. The smallest absolute Gasteiger partial charge is 0.253 e. The van der Waals surface area contributed by atoms with Crippen molar-refractivity contribution >= 4 is 23.2 Å². The number of rotatable bonds is 8. The molecule has 3 rings (SSSR count). The molecule has 0 aromatic heterocycles. The van der Waals surface area contributed by atoms with Crippen molar-refractivity contribution in [1.82, 2.24) is 10.2 Å². The number of nitrogens with zero attached hydrogens (tertiary/aromatic N) is 2. The molecule has 1 heterocycles. The summed E-state index contributed by atoms with van der Waals surface area (Å²) in [4.78, 5) is 30.1. The number of carbonyl (C=O) groups is 2. The Labute approximate surface area is 181 Å². The van der Waals surface area contributed by atoms with Crippen LogP contribution in [0.5, 0.6) is 0 Å². The number of carbonyl (C=O) groups excluding carboxylic acids is 2. The molecule has 0 radical (unpaired) electrons. The average molecular weight is 415 g/mol. The van der Waals surface area contributed by atoms with Crippen molar-refractivity contribution in [3.05, 3.63) is 23.8 Å². The highest BCUT2D eigenvalue weighted by Gasteiger charge is 2.23. The molecule has 1 aliphatic carbocycles. The second kappa shape index (κ2) is 11.3. The zero-order valence-electron chi connectivity index (χ0n) is 18.7. The first kappa shape index (κ1) is 22.6. The van der Waals surface area contributed by atoms with E-state index in [1.807, 2.05) is 32.3 Å². The van der Waals surface area contributed by atoms with E-state index in [1.54, 1.807) is 0 Å². The second-order valence-electron chi connectivity index (χ2n) is 9.02. The van der Waals surface area contributed by atoms with Gasteiger partial charge in [0.2, 0.25) is 5.91 Å². The maximum Gasteiger partial charge on any atom is 0.253 e. The largest absolute Gasteiger partial charge is 0.371 e. The second-order valence-corrected chi connectivity index (χ2v) is 9.02. The van der Waals surface area contributed by atoms with Gasteiger partial charge in [-0.25, -0.2) is 0 Å². The van der Waals surface area contributed by atoms with Crippen LogP contribution in [0.3, 0.4) is 0 Å². The van der Waals surface area contributed by atoms with Crippen LogP contribution in [0, 0.1) is 5.92 Å². The molecule has 2 fully saturated rings. The van der Waals surface area contributed by atoms with Gasteiger partial charge in [0.25, 0.3) is 5.91 Å². The maximum absolute atomic E-state index is 13.0. The summed E-state index contributed by atoms with van der Waals surface area (Å²) in [5.41, 5.74) is 2.38. The topological polar surface area (TPSA) is 64.7 Å². The number of nitrogens with one attached hydrogen (secondary N) is 2. The molecule has 1 aromatic carbocycles. The van der Waals surface area contributed by atoms with E-state index in [9.17, 15) is 9.59 Å². The molecule has 6 nitrogen and oxygen atoms in total. The van der Waals surface area contributed by atoms with Crippen LogP contribution in [0.25, 0.3) is 0 Å². The third-order valence-electron chi connectivity index (χ3n) is 6.25. The first-order valence-electron chi connectivity index (χ1n) is 11.7. The van der Waals surface area contributed by atoms with Crippen LogP contribution in [0.4, 0.5) is 11.4 Å². The van der Waals surface area contributed by atoms with Crippen molar-refractivity contribution in [3.63, 3.8) is 0 Å². The molecule has 0 unspecified atom stereocenters. The van der Waals surface area contributed by atoms with Gasteiger partial charge in [-0.2, -0.15) is 0 Å². The molecule has 166 valence electrons. The van der Waals surface area contributed by atoms with E-state index >= 15 is 0 Å². The van der Waals surface area contributed by atoms with Crippen LogP contribution in [-0.2, 0) is 4.79 Å². The Kier molecular flexibility index (Phi) is 8.55. The van der Waals surface area contributed by atoms with Crippen LogP contribution in [0.1, 0.15) is 68.1 Å². The Hall–Kier alpha value is -2.08. The van der Waals surface area contributed by atoms with Crippen LogP contribution in [0.15, 0.2) is 18.2 Å². The number of anilines is 2. The van der Waals surface area contributed by atoms with Gasteiger partial charge in [0.1, 0.15) is 0 Å². The SMILES string of the molecule is CN(C)CCCNC(=O)c1cc(NC(=O)C2CCCCC2)ccc1N1CCCCC1. The number of piperidine rings is 1. The Morgan fingerprint density at radius 3 is 2.43 bits per heavy atom. The number of hydrogen-bond donors (Lipinski definition) is 2. The first-order chi connectivity index (χ1) is 14.5. The molecule has 30 heavy (non-hydrogen) atoms. The highest BCUT2D eigenvalue weighted by Crippen LogP contribution is 2.29. The summed E-state index contributed by atoms with van der Waals surface area (Å²) in [5.74, 6) is 0.143. The van der Waals surface area contributed by atoms with Crippen molar-refractivity contribution in [3.8, 4) is 0 Å². The van der Waals surface area contributed by atoms with Crippen molar-refractivity contribution in [2.24, 2.45) is 5.92 Å². The van der Waals surface area contributed by atoms with Gasteiger partial charge in [-0.1, -0.05) is 19.3 Å². The predicted molar refractivity (Wildman–Crippen MR) is 123 cm³/mol. The predicted octanol–water partition coefficient (Wildman–Crippen LogP) is 3.88. The Morgan fingerprint density at radius 2 is 1.73 bits per heavy atom. The number of amides is 2. The molecular formula is C24H38N4O2. The molecule has 6 heteroatoms. The fourth-order valence-electron chi connectivity index (χ4n) is 4.51. The molecule has 2 N–H and O–H groups in total. The third-order valence-corrected chi connectivity index (χ3v) is 6.25. The zero-order valence-corrected chi connectivity index (χ0v) is 18.7. The summed E-state index contributed by atoms with van der Waals surface area (Å²) in [6.07, 6.45) is 9.90. The van der Waals surface area contributed by atoms with Crippen LogP contribution < -0.4 is 15.5 Å². The van der Waals surface area contributed by atoms with Gasteiger partial charge >= 0.3 is 0 Å². The fourth-order valence-corrected chi connectivity index (χ4v) is 4.51. The van der Waals surface area contributed by atoms with Crippen molar-refractivity contribution in [2.75, 3.05) is 50.5 Å². The van der Waals surface area contributed by atoms with E-state index in [0.717, 1.165) is 76.0 Å². The van der Waals surface area contributed by atoms with Crippen molar-refractivity contribution in [1.29, 1.82) is 0 Å². The summed E-state index contributed by atoms with van der Waals surface area (Å²) >= 11 is 0. The summed E-state index contributed by atoms with van der Waals surface area (Å²) in [7, 11) is 4.07. The monoisotopic (exact) mass is 414 g/mol. The van der Waals surface area contributed by atoms with Crippen molar-refractivity contribution in [2.45, 2.75) is 57.8 Å². The van der Waals surface area contributed by atoms with Crippen molar-refractivity contribution < 1.29 is 9.59 Å². The highest BCUT2D eigenvalue weighted by atomic mass is 16.2. The van der Waals surface area contributed by atoms with E-state index in [1.165, 1.54) is 12.8 Å². The third kappa shape index (κ3) is 6.46. The van der Waals surface area contributed by atoms with Gasteiger partial charge < -0.3 is 20.4 Å². The summed E-state index contributed by atoms with van der Waals surface area (Å²) < 4.78 is 0. The molecule has 1 aromatic rings. The molecule has 1 saturated heterocycles. The molecule has 1 aliphatic heterocycles. The lowest BCUT2D eigenvalue weighted by molar-refractivity contribution is -0.120. The van der Waals surface area contributed by atoms with Gasteiger partial charge in [0.15, 0.2) is 0 Å². The number of hydrogen-bond acceptors (Lipinski definition) is 4. The molecular weight excluding hydrogens is 376 g/mol. The number of benzene rings is 1. The van der Waals surface area contributed by atoms with Gasteiger partial charge in [0.05, 0.1) is 5.56 Å². The van der Waals surface area contributed by atoms with Gasteiger partial charge in [-0.3, -0.25) is 9.59 Å². The quantitative estimate of drug-likeness (QED) is 0.634. The Bertz CT molecular complexity index is 707.